The molecule has 7 heteroatoms. The van der Waals surface area contributed by atoms with Gasteiger partial charge in [0.25, 0.3) is 11.5 Å². The van der Waals surface area contributed by atoms with Crippen molar-refractivity contribution in [3.05, 3.63) is 40.3 Å². The number of carbonyl (C=O) groups is 1. The van der Waals surface area contributed by atoms with Gasteiger partial charge < -0.3 is 10.6 Å². The van der Waals surface area contributed by atoms with E-state index in [0.29, 0.717) is 29.6 Å². The van der Waals surface area contributed by atoms with E-state index in [1.54, 1.807) is 12.1 Å². The molecule has 146 valence electrons. The standard InChI is InChI=1S/C20H29N5O2/c1-2-3-6-12-25-20(27)17-8-5-4-7-16(17)18(23-25)19(26)22-11-15-24-13-9-21-10-14-24/h4-5,7-8,21H,2-3,6,9-15H2,1H3,(H,22,26). The molecule has 1 aromatic carbocycles. The Morgan fingerprint density at radius 1 is 1.15 bits per heavy atom. The van der Waals surface area contributed by atoms with Crippen molar-refractivity contribution in [1.82, 2.24) is 25.3 Å². The summed E-state index contributed by atoms with van der Waals surface area (Å²) in [7, 11) is 0. The van der Waals surface area contributed by atoms with Crippen LogP contribution in [-0.2, 0) is 6.54 Å². The summed E-state index contributed by atoms with van der Waals surface area (Å²) in [5.41, 5.74) is 0.209. The molecule has 2 N–H and O–H groups in total. The molecule has 1 aromatic heterocycles. The number of rotatable bonds is 8. The number of carbonyl (C=O) groups excluding carboxylic acids is 1. The first-order valence-electron chi connectivity index (χ1n) is 9.92. The maximum atomic E-state index is 12.8. The Hall–Kier alpha value is -2.25. The lowest BCUT2D eigenvalue weighted by Crippen LogP contribution is -2.46. The van der Waals surface area contributed by atoms with Crippen LogP contribution in [0.1, 0.15) is 36.7 Å². The minimum atomic E-state index is -0.217. The molecule has 0 bridgehead atoms. The predicted molar refractivity (Wildman–Crippen MR) is 107 cm³/mol. The number of amides is 1. The first-order valence-corrected chi connectivity index (χ1v) is 9.92. The molecule has 0 radical (unpaired) electrons. The third kappa shape index (κ3) is 4.93. The number of nitrogens with zero attached hydrogens (tertiary/aromatic N) is 3. The van der Waals surface area contributed by atoms with Crippen LogP contribution in [0.4, 0.5) is 0 Å². The van der Waals surface area contributed by atoms with Crippen LogP contribution in [0.15, 0.2) is 29.1 Å². The van der Waals surface area contributed by atoms with Crippen LogP contribution in [0.5, 0.6) is 0 Å². The topological polar surface area (TPSA) is 79.3 Å². The molecule has 0 aliphatic carbocycles. The largest absolute Gasteiger partial charge is 0.349 e. The average molecular weight is 371 g/mol. The lowest BCUT2D eigenvalue weighted by Gasteiger charge is -2.27. The average Bonchev–Trinajstić information content (AvgIpc) is 2.70. The second kappa shape index (κ2) is 9.62. The molecule has 1 saturated heterocycles. The van der Waals surface area contributed by atoms with Crippen molar-refractivity contribution in [3.63, 3.8) is 0 Å². The zero-order chi connectivity index (χ0) is 19.1. The monoisotopic (exact) mass is 371 g/mol. The van der Waals surface area contributed by atoms with E-state index in [1.807, 2.05) is 12.1 Å². The van der Waals surface area contributed by atoms with Gasteiger partial charge in [-0.1, -0.05) is 38.0 Å². The molecule has 0 saturated carbocycles. The van der Waals surface area contributed by atoms with Crippen molar-refractivity contribution in [3.8, 4) is 0 Å². The van der Waals surface area contributed by atoms with Crippen LogP contribution in [0.2, 0.25) is 0 Å². The van der Waals surface area contributed by atoms with E-state index in [4.69, 9.17) is 0 Å². The second-order valence-corrected chi connectivity index (χ2v) is 6.98. The summed E-state index contributed by atoms with van der Waals surface area (Å²) in [4.78, 5) is 27.8. The summed E-state index contributed by atoms with van der Waals surface area (Å²) < 4.78 is 1.45. The first-order chi connectivity index (χ1) is 13.2. The Morgan fingerprint density at radius 3 is 2.63 bits per heavy atom. The van der Waals surface area contributed by atoms with Gasteiger partial charge in [0.15, 0.2) is 5.69 Å². The molecule has 7 nitrogen and oxygen atoms in total. The van der Waals surface area contributed by atoms with Gasteiger partial charge in [0.1, 0.15) is 0 Å². The van der Waals surface area contributed by atoms with Gasteiger partial charge in [0, 0.05) is 51.2 Å². The van der Waals surface area contributed by atoms with E-state index in [1.165, 1.54) is 4.68 Å². The molecule has 0 spiro atoms. The molecule has 1 fully saturated rings. The van der Waals surface area contributed by atoms with E-state index in [-0.39, 0.29) is 11.5 Å². The number of hydrogen-bond donors (Lipinski definition) is 2. The third-order valence-corrected chi connectivity index (χ3v) is 4.98. The van der Waals surface area contributed by atoms with E-state index in [9.17, 15) is 9.59 Å². The fourth-order valence-electron chi connectivity index (χ4n) is 3.41. The summed E-state index contributed by atoms with van der Waals surface area (Å²) in [6.45, 7) is 8.03. The van der Waals surface area contributed by atoms with E-state index in [2.05, 4.69) is 27.6 Å². The fourth-order valence-corrected chi connectivity index (χ4v) is 3.41. The number of hydrogen-bond acceptors (Lipinski definition) is 5. The van der Waals surface area contributed by atoms with Crippen LogP contribution in [0.25, 0.3) is 10.8 Å². The Labute approximate surface area is 159 Å². The molecule has 3 rings (SSSR count). The molecule has 2 aromatic rings. The van der Waals surface area contributed by atoms with Crippen LogP contribution >= 0.6 is 0 Å². The van der Waals surface area contributed by atoms with E-state index >= 15 is 0 Å². The highest BCUT2D eigenvalue weighted by molar-refractivity contribution is 6.04. The number of aromatic nitrogens is 2. The van der Waals surface area contributed by atoms with Gasteiger partial charge >= 0.3 is 0 Å². The van der Waals surface area contributed by atoms with Gasteiger partial charge in [0.05, 0.1) is 5.39 Å². The molecule has 0 atom stereocenters. The number of piperazine rings is 1. The number of fused-ring (bicyclic) bond motifs is 1. The first kappa shape index (κ1) is 19.5. The number of benzene rings is 1. The van der Waals surface area contributed by atoms with Crippen molar-refractivity contribution >= 4 is 16.7 Å². The van der Waals surface area contributed by atoms with E-state index in [0.717, 1.165) is 52.0 Å². The number of unbranched alkanes of at least 4 members (excludes halogenated alkanes) is 2. The van der Waals surface area contributed by atoms with Gasteiger partial charge in [0.2, 0.25) is 0 Å². The van der Waals surface area contributed by atoms with Crippen LogP contribution in [0.3, 0.4) is 0 Å². The molecule has 1 aliphatic heterocycles. The van der Waals surface area contributed by atoms with Gasteiger partial charge in [-0.2, -0.15) is 5.10 Å². The maximum Gasteiger partial charge on any atom is 0.274 e. The summed E-state index contributed by atoms with van der Waals surface area (Å²) in [5.74, 6) is -0.217. The summed E-state index contributed by atoms with van der Waals surface area (Å²) in [6.07, 6.45) is 2.99. The quantitative estimate of drug-likeness (QED) is 0.682. The SMILES string of the molecule is CCCCCn1nc(C(=O)NCCN2CCNCC2)c2ccccc2c1=O. The molecular weight excluding hydrogens is 342 g/mol. The van der Waals surface area contributed by atoms with Crippen molar-refractivity contribution in [2.24, 2.45) is 0 Å². The van der Waals surface area contributed by atoms with Crippen molar-refractivity contribution in [2.45, 2.75) is 32.7 Å². The highest BCUT2D eigenvalue weighted by atomic mass is 16.2. The second-order valence-electron chi connectivity index (χ2n) is 6.98. The lowest BCUT2D eigenvalue weighted by atomic mass is 10.1. The Balaban J connectivity index is 1.75. The summed E-state index contributed by atoms with van der Waals surface area (Å²) >= 11 is 0. The third-order valence-electron chi connectivity index (χ3n) is 4.98. The van der Waals surface area contributed by atoms with Crippen molar-refractivity contribution < 1.29 is 4.79 Å². The molecular formula is C20H29N5O2. The van der Waals surface area contributed by atoms with Crippen LogP contribution < -0.4 is 16.2 Å². The van der Waals surface area contributed by atoms with Crippen molar-refractivity contribution in [2.75, 3.05) is 39.3 Å². The molecule has 27 heavy (non-hydrogen) atoms. The fraction of sp³-hybridized carbons (Fsp3) is 0.550. The van der Waals surface area contributed by atoms with Gasteiger partial charge in [-0.3, -0.25) is 14.5 Å². The van der Waals surface area contributed by atoms with E-state index < -0.39 is 0 Å². The summed E-state index contributed by atoms with van der Waals surface area (Å²) in [6, 6.07) is 7.23. The highest BCUT2D eigenvalue weighted by Gasteiger charge is 2.17. The van der Waals surface area contributed by atoms with Gasteiger partial charge in [-0.15, -0.1) is 0 Å². The smallest absolute Gasteiger partial charge is 0.274 e. The van der Waals surface area contributed by atoms with Gasteiger partial charge in [-0.05, 0) is 12.5 Å². The summed E-state index contributed by atoms with van der Waals surface area (Å²) in [5, 5.41) is 11.9. The number of aryl methyl sites for hydroxylation is 1. The lowest BCUT2D eigenvalue weighted by molar-refractivity contribution is 0.0941. The molecule has 2 heterocycles. The maximum absolute atomic E-state index is 12.8. The van der Waals surface area contributed by atoms with Gasteiger partial charge in [-0.25, -0.2) is 4.68 Å². The zero-order valence-electron chi connectivity index (χ0n) is 16.0. The Bertz CT molecular complexity index is 827. The normalized spacial score (nSPS) is 15.1. The number of nitrogens with one attached hydrogen (secondary N) is 2. The van der Waals surface area contributed by atoms with Crippen LogP contribution in [0, 0.1) is 0 Å². The Kier molecular flexibility index (Phi) is 6.95. The zero-order valence-corrected chi connectivity index (χ0v) is 16.0. The minimum Gasteiger partial charge on any atom is -0.349 e. The molecule has 1 aliphatic rings. The molecule has 1 amide bonds. The highest BCUT2D eigenvalue weighted by Crippen LogP contribution is 2.13. The predicted octanol–water partition coefficient (Wildman–Crippen LogP) is 1.22. The van der Waals surface area contributed by atoms with Crippen molar-refractivity contribution in [1.29, 1.82) is 0 Å². The Morgan fingerprint density at radius 2 is 1.89 bits per heavy atom. The van der Waals surface area contributed by atoms with Crippen LogP contribution in [-0.4, -0.2) is 59.9 Å². The minimum absolute atomic E-state index is 0.126. The molecule has 0 unspecified atom stereocenters.